The van der Waals surface area contributed by atoms with Gasteiger partial charge in [0.25, 0.3) is 0 Å². The van der Waals surface area contributed by atoms with Crippen LogP contribution in [-0.2, 0) is 20.8 Å². The van der Waals surface area contributed by atoms with E-state index in [1.54, 1.807) is 18.2 Å². The van der Waals surface area contributed by atoms with E-state index < -0.39 is 17.8 Å². The maximum Gasteiger partial charge on any atom is 0.328 e. The number of nitrogens with one attached hydrogen (secondary N) is 2. The van der Waals surface area contributed by atoms with Crippen LogP contribution in [-0.4, -0.2) is 34.6 Å². The van der Waals surface area contributed by atoms with Crippen LogP contribution < -0.4 is 10.6 Å². The number of amides is 1. The quantitative estimate of drug-likeness (QED) is 0.195. The van der Waals surface area contributed by atoms with Gasteiger partial charge in [0, 0.05) is 42.1 Å². The van der Waals surface area contributed by atoms with Gasteiger partial charge < -0.3 is 20.8 Å². The van der Waals surface area contributed by atoms with E-state index in [-0.39, 0.29) is 5.92 Å². The highest BCUT2D eigenvalue weighted by atomic mass is 16.4. The van der Waals surface area contributed by atoms with Crippen LogP contribution in [0.3, 0.4) is 0 Å². The molecule has 0 radical (unpaired) electrons. The Morgan fingerprint density at radius 1 is 0.730 bits per heavy atom. The summed E-state index contributed by atoms with van der Waals surface area (Å²) in [5, 5.41) is 23.2. The number of carboxylic acids is 2. The molecule has 190 valence electrons. The number of rotatable bonds is 12. The standard InChI is InChI=1S/C30H30N2O5/c1-2-4-21-6-8-22(9-7-21)30(23-10-14-25(15-11-23)31-20-3-5-28(34)35)24-12-16-26(17-13-24)32-27(33)18-19-29(36)37/h3,5-19,30-31H,2,4,20H2,1H3,(H,32,33)(H,34,35)(H,36,37)/b5-3+,19-18+. The van der Waals surface area contributed by atoms with Gasteiger partial charge in [0.2, 0.25) is 5.91 Å². The van der Waals surface area contributed by atoms with Crippen molar-refractivity contribution in [2.24, 2.45) is 0 Å². The molecular weight excluding hydrogens is 468 g/mol. The summed E-state index contributed by atoms with van der Waals surface area (Å²) in [5.74, 6) is -2.73. The van der Waals surface area contributed by atoms with Gasteiger partial charge in [-0.1, -0.05) is 68.0 Å². The molecule has 1 atom stereocenters. The van der Waals surface area contributed by atoms with E-state index in [1.165, 1.54) is 5.56 Å². The lowest BCUT2D eigenvalue weighted by atomic mass is 9.84. The molecule has 3 aromatic carbocycles. The largest absolute Gasteiger partial charge is 0.478 e. The third-order valence-electron chi connectivity index (χ3n) is 5.67. The van der Waals surface area contributed by atoms with Crippen molar-refractivity contribution in [3.05, 3.63) is 119 Å². The lowest BCUT2D eigenvalue weighted by molar-refractivity contribution is -0.132. The van der Waals surface area contributed by atoms with E-state index >= 15 is 0 Å². The SMILES string of the molecule is CCCc1ccc(C(c2ccc(NC/C=C/C(=O)O)cc2)c2ccc(NC(=O)/C=C/C(=O)O)cc2)cc1. The highest BCUT2D eigenvalue weighted by Gasteiger charge is 2.17. The smallest absolute Gasteiger partial charge is 0.328 e. The van der Waals surface area contributed by atoms with Gasteiger partial charge in [-0.15, -0.1) is 0 Å². The van der Waals surface area contributed by atoms with E-state index in [0.717, 1.165) is 53.4 Å². The van der Waals surface area contributed by atoms with E-state index in [2.05, 4.69) is 41.8 Å². The summed E-state index contributed by atoms with van der Waals surface area (Å²) >= 11 is 0. The predicted molar refractivity (Wildman–Crippen MR) is 145 cm³/mol. The number of carboxylic acid groups (broad SMARTS) is 2. The molecule has 0 aliphatic rings. The van der Waals surface area contributed by atoms with E-state index in [1.807, 2.05) is 36.4 Å². The first-order valence-corrected chi connectivity index (χ1v) is 12.0. The molecule has 0 bridgehead atoms. The zero-order valence-corrected chi connectivity index (χ0v) is 20.6. The van der Waals surface area contributed by atoms with Crippen LogP contribution in [0.4, 0.5) is 11.4 Å². The van der Waals surface area contributed by atoms with Gasteiger partial charge in [-0.25, -0.2) is 9.59 Å². The summed E-state index contributed by atoms with van der Waals surface area (Å²) < 4.78 is 0. The van der Waals surface area contributed by atoms with Crippen LogP contribution in [0, 0.1) is 0 Å². The molecule has 0 heterocycles. The summed E-state index contributed by atoms with van der Waals surface area (Å²) in [6, 6.07) is 24.1. The Balaban J connectivity index is 1.85. The lowest BCUT2D eigenvalue weighted by Crippen LogP contribution is -2.09. The maximum absolute atomic E-state index is 11.9. The number of carbonyl (C=O) groups excluding carboxylic acids is 1. The van der Waals surface area contributed by atoms with Gasteiger partial charge in [-0.05, 0) is 52.9 Å². The fourth-order valence-corrected chi connectivity index (χ4v) is 3.96. The van der Waals surface area contributed by atoms with E-state index in [9.17, 15) is 14.4 Å². The minimum Gasteiger partial charge on any atom is -0.478 e. The number of aryl methyl sites for hydroxylation is 1. The van der Waals surface area contributed by atoms with Crippen LogP contribution in [0.2, 0.25) is 0 Å². The number of aliphatic carboxylic acids is 2. The molecule has 1 unspecified atom stereocenters. The van der Waals surface area contributed by atoms with Crippen LogP contribution >= 0.6 is 0 Å². The average molecular weight is 499 g/mol. The number of carbonyl (C=O) groups is 3. The van der Waals surface area contributed by atoms with Gasteiger partial charge in [0.15, 0.2) is 0 Å². The number of benzene rings is 3. The summed E-state index contributed by atoms with van der Waals surface area (Å²) in [5.41, 5.74) is 5.97. The van der Waals surface area contributed by atoms with Crippen molar-refractivity contribution in [2.45, 2.75) is 25.7 Å². The second-order valence-electron chi connectivity index (χ2n) is 8.45. The normalized spacial score (nSPS) is 11.9. The highest BCUT2D eigenvalue weighted by Crippen LogP contribution is 2.33. The molecule has 0 fully saturated rings. The molecule has 0 saturated heterocycles. The minimum absolute atomic E-state index is 0.0479. The summed E-state index contributed by atoms with van der Waals surface area (Å²) in [6.07, 6.45) is 6.52. The van der Waals surface area contributed by atoms with Gasteiger partial charge >= 0.3 is 11.9 Å². The number of anilines is 2. The third-order valence-corrected chi connectivity index (χ3v) is 5.67. The molecule has 7 heteroatoms. The summed E-state index contributed by atoms with van der Waals surface area (Å²) in [7, 11) is 0. The second kappa shape index (κ2) is 13.4. The molecule has 7 nitrogen and oxygen atoms in total. The molecule has 4 N–H and O–H groups in total. The Hall–Kier alpha value is -4.65. The zero-order valence-electron chi connectivity index (χ0n) is 20.6. The molecule has 37 heavy (non-hydrogen) atoms. The maximum atomic E-state index is 11.9. The molecule has 1 amide bonds. The first kappa shape index (κ1) is 26.9. The van der Waals surface area contributed by atoms with Crippen LogP contribution in [0.25, 0.3) is 0 Å². The zero-order chi connectivity index (χ0) is 26.6. The molecule has 0 spiro atoms. The van der Waals surface area contributed by atoms with Crippen LogP contribution in [0.1, 0.15) is 41.5 Å². The van der Waals surface area contributed by atoms with Crippen molar-refractivity contribution in [1.29, 1.82) is 0 Å². The van der Waals surface area contributed by atoms with Crippen molar-refractivity contribution >= 4 is 29.2 Å². The molecule has 3 rings (SSSR count). The lowest BCUT2D eigenvalue weighted by Gasteiger charge is -2.20. The molecule has 0 saturated carbocycles. The average Bonchev–Trinajstić information content (AvgIpc) is 2.88. The molecule has 0 aliphatic carbocycles. The fraction of sp³-hybridized carbons (Fsp3) is 0.167. The third kappa shape index (κ3) is 8.50. The van der Waals surface area contributed by atoms with Crippen molar-refractivity contribution in [3.63, 3.8) is 0 Å². The Labute approximate surface area is 216 Å². The van der Waals surface area contributed by atoms with Crippen molar-refractivity contribution < 1.29 is 24.6 Å². The monoisotopic (exact) mass is 498 g/mol. The molecule has 3 aromatic rings. The van der Waals surface area contributed by atoms with E-state index in [0.29, 0.717) is 12.2 Å². The van der Waals surface area contributed by atoms with Gasteiger partial charge in [0.1, 0.15) is 0 Å². The first-order valence-electron chi connectivity index (χ1n) is 12.0. The predicted octanol–water partition coefficient (Wildman–Crippen LogP) is 5.45. The molecule has 0 aromatic heterocycles. The van der Waals surface area contributed by atoms with E-state index in [4.69, 9.17) is 10.2 Å². The molecule has 0 aliphatic heterocycles. The fourth-order valence-electron chi connectivity index (χ4n) is 3.96. The highest BCUT2D eigenvalue weighted by molar-refractivity contribution is 6.02. The van der Waals surface area contributed by atoms with Crippen LogP contribution in [0.15, 0.2) is 97.1 Å². The molecular formula is C30H30N2O5. The van der Waals surface area contributed by atoms with Gasteiger partial charge in [0.05, 0.1) is 0 Å². The van der Waals surface area contributed by atoms with Crippen molar-refractivity contribution in [3.8, 4) is 0 Å². The van der Waals surface area contributed by atoms with Crippen molar-refractivity contribution in [2.75, 3.05) is 17.2 Å². The number of hydrogen-bond donors (Lipinski definition) is 4. The topological polar surface area (TPSA) is 116 Å². The van der Waals surface area contributed by atoms with Gasteiger partial charge in [-0.3, -0.25) is 4.79 Å². The summed E-state index contributed by atoms with van der Waals surface area (Å²) in [6.45, 7) is 2.56. The minimum atomic E-state index is -1.18. The number of hydrogen-bond acceptors (Lipinski definition) is 4. The Kier molecular flexibility index (Phi) is 9.79. The second-order valence-corrected chi connectivity index (χ2v) is 8.45. The Morgan fingerprint density at radius 2 is 1.24 bits per heavy atom. The van der Waals surface area contributed by atoms with Crippen molar-refractivity contribution in [1.82, 2.24) is 0 Å². The van der Waals surface area contributed by atoms with Gasteiger partial charge in [-0.2, -0.15) is 0 Å². The summed E-state index contributed by atoms with van der Waals surface area (Å²) in [4.78, 5) is 33.2. The Morgan fingerprint density at radius 3 is 1.76 bits per heavy atom. The van der Waals surface area contributed by atoms with Crippen LogP contribution in [0.5, 0.6) is 0 Å². The Bertz CT molecular complexity index is 1260. The first-order chi connectivity index (χ1) is 17.9.